The van der Waals surface area contributed by atoms with E-state index in [0.29, 0.717) is 26.2 Å². The highest BCUT2D eigenvalue weighted by Crippen LogP contribution is 2.40. The monoisotopic (exact) mass is 718 g/mol. The zero-order valence-electron chi connectivity index (χ0n) is 29.7. The molecule has 3 aliphatic rings. The molecule has 53 heavy (non-hydrogen) atoms. The average molecular weight is 719 g/mol. The summed E-state index contributed by atoms with van der Waals surface area (Å²) in [5.74, 6) is -1.19. The number of ether oxygens (including phenoxy) is 2. The number of piperidine rings is 1. The molecule has 4 aromatic rings. The Labute approximate surface area is 309 Å². The van der Waals surface area contributed by atoms with E-state index in [9.17, 15) is 19.5 Å². The van der Waals surface area contributed by atoms with Crippen LogP contribution in [0.15, 0.2) is 103 Å². The lowest BCUT2D eigenvalue weighted by atomic mass is 9.85. The highest BCUT2D eigenvalue weighted by molar-refractivity contribution is 5.93. The lowest BCUT2D eigenvalue weighted by Gasteiger charge is -2.45. The van der Waals surface area contributed by atoms with Crippen LogP contribution in [0.5, 0.6) is 0 Å². The molecule has 0 bridgehead atoms. The van der Waals surface area contributed by atoms with Gasteiger partial charge in [-0.3, -0.25) is 14.4 Å². The number of rotatable bonds is 12. The summed E-state index contributed by atoms with van der Waals surface area (Å²) in [5, 5.41) is 24.3. The first-order valence-electron chi connectivity index (χ1n) is 18.3. The van der Waals surface area contributed by atoms with Gasteiger partial charge in [0.1, 0.15) is 5.54 Å². The Kier molecular flexibility index (Phi) is 11.2. The van der Waals surface area contributed by atoms with Crippen molar-refractivity contribution in [3.05, 3.63) is 125 Å². The Bertz CT molecular complexity index is 1880. The van der Waals surface area contributed by atoms with Gasteiger partial charge in [-0.05, 0) is 58.9 Å². The fraction of sp³-hybridized carbons (Fsp3) is 0.357. The molecule has 3 saturated heterocycles. The number of hydrogen-bond donors (Lipinski definition) is 4. The highest BCUT2D eigenvalue weighted by Gasteiger charge is 2.50. The first kappa shape index (κ1) is 36.3. The molecule has 7 rings (SSSR count). The highest BCUT2D eigenvalue weighted by atomic mass is 16.7. The summed E-state index contributed by atoms with van der Waals surface area (Å²) < 4.78 is 13.3. The molecule has 3 heterocycles. The second kappa shape index (κ2) is 16.3. The fourth-order valence-corrected chi connectivity index (χ4v) is 7.66. The molecule has 4 N–H and O–H groups in total. The van der Waals surface area contributed by atoms with E-state index in [4.69, 9.17) is 14.6 Å². The van der Waals surface area contributed by atoms with Crippen molar-refractivity contribution in [3.8, 4) is 11.1 Å². The normalized spacial score (nSPS) is 21.3. The summed E-state index contributed by atoms with van der Waals surface area (Å²) in [6.45, 7) is 3.07. The number of hydrogen-bond acceptors (Lipinski definition) is 8. The molecule has 11 heteroatoms. The van der Waals surface area contributed by atoms with Gasteiger partial charge in [-0.15, -0.1) is 0 Å². The van der Waals surface area contributed by atoms with Crippen LogP contribution in [0.4, 0.5) is 5.69 Å². The van der Waals surface area contributed by atoms with E-state index in [0.717, 1.165) is 65.0 Å². The van der Waals surface area contributed by atoms with Crippen LogP contribution in [0.2, 0.25) is 0 Å². The standard InChI is InChI=1S/C42H46N4O7/c47-27-29-9-11-32(12-10-29)37-24-36(26-45-21-19-42(20-22-45)41(51)44-28-46(42)35-7-2-1-3-8-35)52-40(53-37)33-15-13-31(14-16-33)34-6-4-5-30(23-34)25-43-38(48)17-18-39(49)50/h1-16,23,36-37,40,47H,17-22,24-28H2,(H,43,48)(H,44,51)(H,49,50)/t36-,37+,40+/m1/s1. The van der Waals surface area contributed by atoms with Crippen LogP contribution in [0.25, 0.3) is 11.1 Å². The second-order valence-corrected chi connectivity index (χ2v) is 14.1. The second-order valence-electron chi connectivity index (χ2n) is 14.1. The van der Waals surface area contributed by atoms with Crippen molar-refractivity contribution in [1.82, 2.24) is 15.5 Å². The maximum atomic E-state index is 13.2. The molecule has 3 fully saturated rings. The van der Waals surface area contributed by atoms with E-state index in [2.05, 4.69) is 32.6 Å². The number of carboxylic acids is 1. The van der Waals surface area contributed by atoms with Crippen molar-refractivity contribution in [2.75, 3.05) is 31.2 Å². The zero-order chi connectivity index (χ0) is 36.8. The largest absolute Gasteiger partial charge is 0.481 e. The summed E-state index contributed by atoms with van der Waals surface area (Å²) in [5.41, 5.74) is 6.18. The molecule has 0 saturated carbocycles. The molecule has 0 aromatic heterocycles. The molecule has 2 amide bonds. The molecule has 0 aliphatic carbocycles. The van der Waals surface area contributed by atoms with Gasteiger partial charge in [0.25, 0.3) is 0 Å². The van der Waals surface area contributed by atoms with Crippen LogP contribution in [-0.4, -0.2) is 70.8 Å². The number of aliphatic hydroxyl groups is 1. The quantitative estimate of drug-likeness (QED) is 0.154. The Balaban J connectivity index is 1.03. The number of likely N-dealkylation sites (tertiary alicyclic amines) is 1. The first-order valence-corrected chi connectivity index (χ1v) is 18.3. The maximum absolute atomic E-state index is 13.2. The minimum absolute atomic E-state index is 0.0208. The number of anilines is 1. The average Bonchev–Trinajstić information content (AvgIpc) is 3.51. The zero-order valence-corrected chi connectivity index (χ0v) is 29.7. The van der Waals surface area contributed by atoms with Gasteiger partial charge in [0, 0.05) is 50.3 Å². The van der Waals surface area contributed by atoms with E-state index in [1.807, 2.05) is 91.0 Å². The Morgan fingerprint density at radius 2 is 1.57 bits per heavy atom. The summed E-state index contributed by atoms with van der Waals surface area (Å²) in [7, 11) is 0. The van der Waals surface area contributed by atoms with Gasteiger partial charge in [-0.1, -0.05) is 84.9 Å². The van der Waals surface area contributed by atoms with Crippen molar-refractivity contribution < 1.29 is 34.1 Å². The van der Waals surface area contributed by atoms with Crippen molar-refractivity contribution in [3.63, 3.8) is 0 Å². The number of benzene rings is 4. The minimum atomic E-state index is -0.996. The summed E-state index contributed by atoms with van der Waals surface area (Å²) in [6.07, 6.45) is 0.958. The van der Waals surface area contributed by atoms with Crippen LogP contribution < -0.4 is 15.5 Å². The van der Waals surface area contributed by atoms with Gasteiger partial charge in [0.2, 0.25) is 11.8 Å². The third kappa shape index (κ3) is 8.44. The first-order chi connectivity index (χ1) is 25.8. The minimum Gasteiger partial charge on any atom is -0.481 e. The van der Waals surface area contributed by atoms with Gasteiger partial charge >= 0.3 is 5.97 Å². The number of nitrogens with one attached hydrogen (secondary N) is 2. The third-order valence-electron chi connectivity index (χ3n) is 10.7. The molecular weight excluding hydrogens is 672 g/mol. The van der Waals surface area contributed by atoms with Crippen LogP contribution in [0.1, 0.15) is 66.8 Å². The number of para-hydroxylation sites is 1. The van der Waals surface area contributed by atoms with E-state index < -0.39 is 17.8 Å². The fourth-order valence-electron chi connectivity index (χ4n) is 7.66. The molecular formula is C42H46N4O7. The van der Waals surface area contributed by atoms with Crippen molar-refractivity contribution in [1.29, 1.82) is 0 Å². The lowest BCUT2D eigenvalue weighted by molar-refractivity contribution is -0.253. The maximum Gasteiger partial charge on any atom is 0.303 e. The number of carbonyl (C=O) groups excluding carboxylic acids is 2. The van der Waals surface area contributed by atoms with Crippen molar-refractivity contribution >= 4 is 23.5 Å². The van der Waals surface area contributed by atoms with Crippen LogP contribution >= 0.6 is 0 Å². The van der Waals surface area contributed by atoms with Gasteiger partial charge < -0.3 is 40.1 Å². The summed E-state index contributed by atoms with van der Waals surface area (Å²) >= 11 is 0. The number of nitrogens with zero attached hydrogens (tertiary/aromatic N) is 2. The summed E-state index contributed by atoms with van der Waals surface area (Å²) in [6, 6.07) is 34.1. The Hall–Kier alpha value is -5.07. The van der Waals surface area contributed by atoms with E-state index in [1.165, 1.54) is 0 Å². The Morgan fingerprint density at radius 1 is 0.830 bits per heavy atom. The number of carbonyl (C=O) groups is 3. The SMILES string of the molecule is O=C(O)CCC(=O)NCc1cccc(-c2ccc([C@H]3O[C@@H](CN4CCC5(CC4)C(=O)NCN5c4ccccc4)C[C@@H](c4ccc(CO)cc4)O3)cc2)c1. The van der Waals surface area contributed by atoms with Crippen LogP contribution in [0.3, 0.4) is 0 Å². The van der Waals surface area contributed by atoms with E-state index in [1.54, 1.807) is 0 Å². The molecule has 3 aliphatic heterocycles. The van der Waals surface area contributed by atoms with Gasteiger partial charge in [0.05, 0.1) is 31.9 Å². The van der Waals surface area contributed by atoms with Gasteiger partial charge in [0.15, 0.2) is 6.29 Å². The number of carboxylic acid groups (broad SMARTS) is 1. The number of aliphatic carboxylic acids is 1. The van der Waals surface area contributed by atoms with E-state index in [-0.39, 0.29) is 43.5 Å². The van der Waals surface area contributed by atoms with Crippen molar-refractivity contribution in [2.24, 2.45) is 0 Å². The van der Waals surface area contributed by atoms with Gasteiger partial charge in [-0.25, -0.2) is 0 Å². The predicted octanol–water partition coefficient (Wildman–Crippen LogP) is 5.30. The number of amides is 2. The molecule has 0 unspecified atom stereocenters. The molecule has 11 nitrogen and oxygen atoms in total. The molecule has 1 spiro atoms. The van der Waals surface area contributed by atoms with Gasteiger partial charge in [-0.2, -0.15) is 0 Å². The summed E-state index contributed by atoms with van der Waals surface area (Å²) in [4.78, 5) is 40.7. The topological polar surface area (TPSA) is 141 Å². The smallest absolute Gasteiger partial charge is 0.303 e. The molecule has 4 aromatic carbocycles. The molecule has 276 valence electrons. The molecule has 3 atom stereocenters. The predicted molar refractivity (Wildman–Crippen MR) is 199 cm³/mol. The number of aliphatic hydroxyl groups excluding tert-OH is 1. The van der Waals surface area contributed by atoms with Crippen LogP contribution in [-0.2, 0) is 37.0 Å². The van der Waals surface area contributed by atoms with E-state index >= 15 is 0 Å². The van der Waals surface area contributed by atoms with Crippen molar-refractivity contribution in [2.45, 2.75) is 69.3 Å². The lowest BCUT2D eigenvalue weighted by Crippen LogP contribution is -2.57. The third-order valence-corrected chi connectivity index (χ3v) is 10.7. The van der Waals surface area contributed by atoms with Crippen LogP contribution in [0, 0.1) is 0 Å². The Morgan fingerprint density at radius 3 is 2.28 bits per heavy atom. The molecule has 0 radical (unpaired) electrons.